The zero-order valence-electron chi connectivity index (χ0n) is 14.6. The molecule has 0 unspecified atom stereocenters. The first-order chi connectivity index (χ1) is 12.3. The number of fused-ring (bicyclic) bond motifs is 1. The van der Waals surface area contributed by atoms with Crippen molar-refractivity contribution < 1.29 is 14.3 Å². The van der Waals surface area contributed by atoms with Gasteiger partial charge in [0.05, 0.1) is 6.10 Å². The van der Waals surface area contributed by atoms with Gasteiger partial charge in [-0.1, -0.05) is 6.07 Å². The van der Waals surface area contributed by atoms with Gasteiger partial charge in [0.2, 0.25) is 5.91 Å². The molecule has 25 heavy (non-hydrogen) atoms. The Hall–Kier alpha value is -1.50. The van der Waals surface area contributed by atoms with Gasteiger partial charge in [0.25, 0.3) is 0 Å². The number of ether oxygens (including phenoxy) is 2. The van der Waals surface area contributed by atoms with E-state index in [1.807, 2.05) is 12.1 Å². The zero-order valence-corrected chi connectivity index (χ0v) is 14.6. The molecule has 0 aliphatic carbocycles. The molecule has 0 saturated carbocycles. The number of aromatic nitrogens is 1. The molecule has 1 amide bonds. The topological polar surface area (TPSA) is 63.7 Å². The van der Waals surface area contributed by atoms with Crippen LogP contribution in [0.1, 0.15) is 37.7 Å². The molecule has 3 atom stereocenters. The lowest BCUT2D eigenvalue weighted by molar-refractivity contribution is -0.144. The van der Waals surface area contributed by atoms with Crippen LogP contribution in [0.5, 0.6) is 0 Å². The lowest BCUT2D eigenvalue weighted by atomic mass is 9.96. The monoisotopic (exact) mass is 345 g/mol. The van der Waals surface area contributed by atoms with Gasteiger partial charge < -0.3 is 14.8 Å². The zero-order chi connectivity index (χ0) is 17.1. The van der Waals surface area contributed by atoms with Crippen molar-refractivity contribution in [1.29, 1.82) is 0 Å². The maximum absolute atomic E-state index is 12.5. The second-order valence-electron chi connectivity index (χ2n) is 7.26. The van der Waals surface area contributed by atoms with Gasteiger partial charge in [-0.15, -0.1) is 0 Å². The summed E-state index contributed by atoms with van der Waals surface area (Å²) in [6.45, 7) is 3.34. The molecule has 3 aliphatic rings. The van der Waals surface area contributed by atoms with Gasteiger partial charge in [0.15, 0.2) is 0 Å². The van der Waals surface area contributed by atoms with Crippen LogP contribution in [0.3, 0.4) is 0 Å². The summed E-state index contributed by atoms with van der Waals surface area (Å²) in [5, 5.41) is 2.99. The Kier molecular flexibility index (Phi) is 5.29. The quantitative estimate of drug-likeness (QED) is 0.896. The summed E-state index contributed by atoms with van der Waals surface area (Å²) in [7, 11) is 0. The van der Waals surface area contributed by atoms with Crippen LogP contribution in [0, 0.1) is 0 Å². The molecule has 4 rings (SSSR count). The van der Waals surface area contributed by atoms with Gasteiger partial charge in [-0.2, -0.15) is 0 Å². The summed E-state index contributed by atoms with van der Waals surface area (Å²) in [6, 6.07) is 4.95. The number of nitrogens with zero attached hydrogens (tertiary/aromatic N) is 2. The molecule has 6 nitrogen and oxygen atoms in total. The number of pyridine rings is 1. The molecule has 3 saturated heterocycles. The van der Waals surface area contributed by atoms with E-state index in [-0.39, 0.29) is 18.1 Å². The van der Waals surface area contributed by atoms with Gasteiger partial charge in [0, 0.05) is 50.8 Å². The first kappa shape index (κ1) is 16.9. The molecule has 4 heterocycles. The SMILES string of the molecule is O=C(NCc1cccnc1)[C@H]1CC[C@@H]2[C@@H](CCN2C2CCOCC2)O1. The molecule has 1 aromatic rings. The van der Waals surface area contributed by atoms with Crippen molar-refractivity contribution in [2.45, 2.75) is 62.9 Å². The molecule has 1 N–H and O–H groups in total. The Morgan fingerprint density at radius 3 is 2.92 bits per heavy atom. The summed E-state index contributed by atoms with van der Waals surface area (Å²) in [4.78, 5) is 19.2. The minimum Gasteiger partial charge on any atom is -0.381 e. The van der Waals surface area contributed by atoms with E-state index >= 15 is 0 Å². The fourth-order valence-corrected chi connectivity index (χ4v) is 4.43. The maximum Gasteiger partial charge on any atom is 0.249 e. The second-order valence-corrected chi connectivity index (χ2v) is 7.26. The van der Waals surface area contributed by atoms with Crippen LogP contribution in [-0.2, 0) is 20.8 Å². The fourth-order valence-electron chi connectivity index (χ4n) is 4.43. The minimum atomic E-state index is -0.312. The highest BCUT2D eigenvalue weighted by Gasteiger charge is 2.43. The molecule has 0 bridgehead atoms. The lowest BCUT2D eigenvalue weighted by Crippen LogP contribution is -2.50. The van der Waals surface area contributed by atoms with Crippen molar-refractivity contribution in [1.82, 2.24) is 15.2 Å². The number of carbonyl (C=O) groups excluding carboxylic acids is 1. The molecular weight excluding hydrogens is 318 g/mol. The third-order valence-electron chi connectivity index (χ3n) is 5.73. The number of likely N-dealkylation sites (tertiary alicyclic amines) is 1. The van der Waals surface area contributed by atoms with Crippen LogP contribution in [-0.4, -0.2) is 59.8 Å². The van der Waals surface area contributed by atoms with Crippen LogP contribution in [0.4, 0.5) is 0 Å². The van der Waals surface area contributed by atoms with E-state index in [9.17, 15) is 4.79 Å². The van der Waals surface area contributed by atoms with E-state index in [2.05, 4.69) is 15.2 Å². The largest absolute Gasteiger partial charge is 0.381 e. The Bertz CT molecular complexity index is 577. The van der Waals surface area contributed by atoms with Gasteiger partial charge in [-0.3, -0.25) is 14.7 Å². The normalized spacial score (nSPS) is 30.8. The lowest BCUT2D eigenvalue weighted by Gasteiger charge is -2.40. The van der Waals surface area contributed by atoms with Gasteiger partial charge in [-0.25, -0.2) is 0 Å². The predicted octanol–water partition coefficient (Wildman–Crippen LogP) is 1.50. The highest BCUT2D eigenvalue weighted by atomic mass is 16.5. The minimum absolute atomic E-state index is 0.00631. The number of hydrogen-bond acceptors (Lipinski definition) is 5. The van der Waals surface area contributed by atoms with Crippen molar-refractivity contribution in [3.05, 3.63) is 30.1 Å². The second kappa shape index (κ2) is 7.81. The van der Waals surface area contributed by atoms with E-state index < -0.39 is 0 Å². The van der Waals surface area contributed by atoms with Gasteiger partial charge in [0.1, 0.15) is 6.10 Å². The van der Waals surface area contributed by atoms with E-state index in [4.69, 9.17) is 9.47 Å². The van der Waals surface area contributed by atoms with E-state index in [1.54, 1.807) is 12.4 Å². The highest BCUT2D eigenvalue weighted by molar-refractivity contribution is 5.80. The summed E-state index contributed by atoms with van der Waals surface area (Å²) in [5.41, 5.74) is 1.01. The Labute approximate surface area is 148 Å². The Morgan fingerprint density at radius 2 is 2.12 bits per heavy atom. The average molecular weight is 345 g/mol. The van der Waals surface area contributed by atoms with Crippen LogP contribution >= 0.6 is 0 Å². The number of carbonyl (C=O) groups is 1. The first-order valence-corrected chi connectivity index (χ1v) is 9.47. The molecule has 0 radical (unpaired) electrons. The van der Waals surface area contributed by atoms with Crippen LogP contribution in [0.2, 0.25) is 0 Å². The first-order valence-electron chi connectivity index (χ1n) is 9.47. The molecular formula is C19H27N3O3. The number of rotatable bonds is 4. The number of hydrogen-bond donors (Lipinski definition) is 1. The summed E-state index contributed by atoms with van der Waals surface area (Å²) in [5.74, 6) is 0.00631. The Balaban J connectivity index is 1.29. The fraction of sp³-hybridized carbons (Fsp3) is 0.684. The average Bonchev–Trinajstić information content (AvgIpc) is 3.11. The predicted molar refractivity (Wildman–Crippen MR) is 92.9 cm³/mol. The van der Waals surface area contributed by atoms with Crippen LogP contribution in [0.15, 0.2) is 24.5 Å². The molecule has 0 spiro atoms. The van der Waals surface area contributed by atoms with Crippen molar-refractivity contribution >= 4 is 5.91 Å². The van der Waals surface area contributed by atoms with E-state index in [0.717, 1.165) is 57.4 Å². The van der Waals surface area contributed by atoms with Crippen molar-refractivity contribution in [3.63, 3.8) is 0 Å². The Morgan fingerprint density at radius 1 is 1.24 bits per heavy atom. The number of nitrogens with one attached hydrogen (secondary N) is 1. The molecule has 3 fully saturated rings. The molecule has 0 aromatic carbocycles. The number of amides is 1. The third-order valence-corrected chi connectivity index (χ3v) is 5.73. The molecule has 6 heteroatoms. The standard InChI is InChI=1S/C19H27N3O3/c23-19(21-13-14-2-1-8-20-12-14)18-4-3-16-17(25-18)5-9-22(16)15-6-10-24-11-7-15/h1-2,8,12,15-18H,3-7,9-11,13H2,(H,21,23)/t16-,17-,18-/m1/s1. The molecule has 3 aliphatic heterocycles. The highest BCUT2D eigenvalue weighted by Crippen LogP contribution is 2.34. The third kappa shape index (κ3) is 3.86. The van der Waals surface area contributed by atoms with Crippen LogP contribution < -0.4 is 5.32 Å². The van der Waals surface area contributed by atoms with E-state index in [0.29, 0.717) is 18.6 Å². The molecule has 1 aromatic heterocycles. The van der Waals surface area contributed by atoms with Gasteiger partial charge >= 0.3 is 0 Å². The molecule has 136 valence electrons. The van der Waals surface area contributed by atoms with Gasteiger partial charge in [-0.05, 0) is 43.7 Å². The van der Waals surface area contributed by atoms with Crippen molar-refractivity contribution in [2.75, 3.05) is 19.8 Å². The van der Waals surface area contributed by atoms with E-state index in [1.165, 1.54) is 0 Å². The summed E-state index contributed by atoms with van der Waals surface area (Å²) < 4.78 is 11.7. The summed E-state index contributed by atoms with van der Waals surface area (Å²) >= 11 is 0. The summed E-state index contributed by atoms with van der Waals surface area (Å²) in [6.07, 6.45) is 8.54. The van der Waals surface area contributed by atoms with Crippen molar-refractivity contribution in [3.8, 4) is 0 Å². The van der Waals surface area contributed by atoms with Crippen LogP contribution in [0.25, 0.3) is 0 Å². The maximum atomic E-state index is 12.5. The van der Waals surface area contributed by atoms with Crippen molar-refractivity contribution in [2.24, 2.45) is 0 Å². The smallest absolute Gasteiger partial charge is 0.249 e.